The van der Waals surface area contributed by atoms with Crippen LogP contribution in [0.2, 0.25) is 0 Å². The minimum absolute atomic E-state index is 0.214. The van der Waals surface area contributed by atoms with Crippen molar-refractivity contribution in [2.45, 2.75) is 25.3 Å². The van der Waals surface area contributed by atoms with Crippen LogP contribution < -0.4 is 20.3 Å². The molecule has 2 aromatic heterocycles. The summed E-state index contributed by atoms with van der Waals surface area (Å²) in [6.45, 7) is 4.28. The summed E-state index contributed by atoms with van der Waals surface area (Å²) in [5.74, 6) is 1.12. The molecule has 0 radical (unpaired) electrons. The van der Waals surface area contributed by atoms with Crippen molar-refractivity contribution in [2.24, 2.45) is 11.7 Å². The summed E-state index contributed by atoms with van der Waals surface area (Å²) < 4.78 is 29.7. The molecule has 3 aromatic rings. The molecule has 5 rings (SSSR count). The van der Waals surface area contributed by atoms with Crippen LogP contribution in [0.5, 0.6) is 5.75 Å². The van der Waals surface area contributed by atoms with Crippen molar-refractivity contribution < 1.29 is 13.5 Å². The lowest BCUT2D eigenvalue weighted by atomic mass is 9.98. The van der Waals surface area contributed by atoms with Gasteiger partial charge in [-0.1, -0.05) is 11.3 Å². The number of nitrogens with zero attached hydrogens (tertiary/aromatic N) is 6. The SMILES string of the molecule is Fc1ccc(F)cc1.N#Cc1cnc(N2CCC(COc3cnc(N4CCC(N)C4)nc3)CC2)s1. The number of nitriles is 1. The maximum absolute atomic E-state index is 11.9. The zero-order chi connectivity index (χ0) is 24.6. The maximum atomic E-state index is 11.9. The van der Waals surface area contributed by atoms with Gasteiger partial charge in [0.2, 0.25) is 5.95 Å². The number of nitrogens with two attached hydrogens (primary N) is 1. The smallest absolute Gasteiger partial charge is 0.225 e. The first-order valence-corrected chi connectivity index (χ1v) is 12.3. The molecule has 4 heterocycles. The van der Waals surface area contributed by atoms with Crippen molar-refractivity contribution in [2.75, 3.05) is 42.6 Å². The number of thiazole rings is 1. The van der Waals surface area contributed by atoms with E-state index in [0.29, 0.717) is 23.2 Å². The van der Waals surface area contributed by atoms with Gasteiger partial charge in [-0.3, -0.25) is 0 Å². The van der Waals surface area contributed by atoms with E-state index in [1.807, 2.05) is 0 Å². The maximum Gasteiger partial charge on any atom is 0.225 e. The third-order valence-corrected chi connectivity index (χ3v) is 6.86. The van der Waals surface area contributed by atoms with Gasteiger partial charge in [0.05, 0.1) is 25.2 Å². The number of hydrogen-bond acceptors (Lipinski definition) is 9. The lowest BCUT2D eigenvalue weighted by Gasteiger charge is -2.31. The second-order valence-electron chi connectivity index (χ2n) is 8.51. The molecule has 0 aliphatic carbocycles. The van der Waals surface area contributed by atoms with E-state index >= 15 is 0 Å². The third-order valence-electron chi connectivity index (χ3n) is 5.90. The molecule has 2 aliphatic heterocycles. The molecule has 0 bridgehead atoms. The van der Waals surface area contributed by atoms with Crippen LogP contribution in [0.3, 0.4) is 0 Å². The minimum atomic E-state index is -0.411. The van der Waals surface area contributed by atoms with Crippen LogP contribution in [-0.4, -0.2) is 53.8 Å². The summed E-state index contributed by atoms with van der Waals surface area (Å²) in [6, 6.07) is 6.67. The van der Waals surface area contributed by atoms with Crippen molar-refractivity contribution in [1.82, 2.24) is 15.0 Å². The molecule has 0 amide bonds. The van der Waals surface area contributed by atoms with Gasteiger partial charge in [0.25, 0.3) is 0 Å². The summed E-state index contributed by atoms with van der Waals surface area (Å²) in [4.78, 5) is 18.2. The molecule has 184 valence electrons. The normalized spacial score (nSPS) is 18.1. The van der Waals surface area contributed by atoms with Crippen LogP contribution in [0.4, 0.5) is 19.9 Å². The van der Waals surface area contributed by atoms with Crippen LogP contribution in [0, 0.1) is 28.9 Å². The highest BCUT2D eigenvalue weighted by Crippen LogP contribution is 2.27. The molecule has 0 saturated carbocycles. The third kappa shape index (κ3) is 7.07. The summed E-state index contributed by atoms with van der Waals surface area (Å²) in [5.41, 5.74) is 5.93. The summed E-state index contributed by atoms with van der Waals surface area (Å²) in [6.07, 6.45) is 8.23. The average molecular weight is 500 g/mol. The highest BCUT2D eigenvalue weighted by molar-refractivity contribution is 7.16. The first-order valence-electron chi connectivity index (χ1n) is 11.5. The number of ether oxygens (including phenoxy) is 1. The molecular formula is C24H27F2N7OS. The molecule has 35 heavy (non-hydrogen) atoms. The number of piperidine rings is 1. The Kier molecular flexibility index (Phi) is 8.39. The standard InChI is InChI=1S/C18H23N7OS.C6H4F2/c19-7-16-10-23-18(27-16)24-4-1-13(2-5-24)12-26-15-8-21-17(22-9-15)25-6-3-14(20)11-25;7-5-1-2-6(8)4-3-5/h8-10,13-14H,1-6,11-12,20H2;1-4H. The van der Waals surface area contributed by atoms with Gasteiger partial charge in [-0.15, -0.1) is 0 Å². The average Bonchev–Trinajstić information content (AvgIpc) is 3.55. The Hall–Kier alpha value is -3.36. The van der Waals surface area contributed by atoms with Gasteiger partial charge in [-0.05, 0) is 49.4 Å². The Bertz CT molecular complexity index is 1090. The number of hydrogen-bond donors (Lipinski definition) is 1. The molecule has 2 N–H and O–H groups in total. The molecule has 1 unspecified atom stereocenters. The van der Waals surface area contributed by atoms with Gasteiger partial charge in [-0.25, -0.2) is 23.7 Å². The minimum Gasteiger partial charge on any atom is -0.490 e. The fraction of sp³-hybridized carbons (Fsp3) is 0.417. The van der Waals surface area contributed by atoms with Crippen molar-refractivity contribution in [1.29, 1.82) is 5.26 Å². The number of rotatable bonds is 5. The number of aromatic nitrogens is 3. The van der Waals surface area contributed by atoms with Crippen LogP contribution in [0.15, 0.2) is 42.9 Å². The second-order valence-corrected chi connectivity index (χ2v) is 9.52. The zero-order valence-corrected chi connectivity index (χ0v) is 20.0. The highest BCUT2D eigenvalue weighted by atomic mass is 32.1. The van der Waals surface area contributed by atoms with Crippen LogP contribution in [-0.2, 0) is 0 Å². The Labute approximate surface area is 207 Å². The van der Waals surface area contributed by atoms with Gasteiger partial charge in [0.15, 0.2) is 10.9 Å². The summed E-state index contributed by atoms with van der Waals surface area (Å²) in [5, 5.41) is 9.87. The van der Waals surface area contributed by atoms with Gasteiger partial charge in [0.1, 0.15) is 22.6 Å². The van der Waals surface area contributed by atoms with Crippen LogP contribution in [0.25, 0.3) is 0 Å². The Balaban J connectivity index is 0.000000308. The Morgan fingerprint density at radius 1 is 0.971 bits per heavy atom. The molecule has 0 spiro atoms. The van der Waals surface area contributed by atoms with E-state index in [1.54, 1.807) is 18.6 Å². The lowest BCUT2D eigenvalue weighted by molar-refractivity contribution is 0.221. The van der Waals surface area contributed by atoms with Crippen LogP contribution >= 0.6 is 11.3 Å². The molecule has 8 nitrogen and oxygen atoms in total. The molecule has 2 fully saturated rings. The van der Waals surface area contributed by atoms with E-state index in [1.165, 1.54) is 11.3 Å². The highest BCUT2D eigenvalue weighted by Gasteiger charge is 2.23. The van der Waals surface area contributed by atoms with Crippen molar-refractivity contribution >= 4 is 22.4 Å². The van der Waals surface area contributed by atoms with Crippen molar-refractivity contribution in [3.63, 3.8) is 0 Å². The number of anilines is 2. The molecule has 2 saturated heterocycles. The van der Waals surface area contributed by atoms with Gasteiger partial charge in [-0.2, -0.15) is 5.26 Å². The molecule has 11 heteroatoms. The largest absolute Gasteiger partial charge is 0.490 e. The van der Waals surface area contributed by atoms with Crippen molar-refractivity contribution in [3.8, 4) is 11.8 Å². The quantitative estimate of drug-likeness (QED) is 0.568. The second kappa shape index (κ2) is 11.9. The van der Waals surface area contributed by atoms with E-state index in [4.69, 9.17) is 15.7 Å². The first-order chi connectivity index (χ1) is 17.0. The van der Waals surface area contributed by atoms with Gasteiger partial charge < -0.3 is 20.3 Å². The fourth-order valence-corrected chi connectivity index (χ4v) is 4.68. The van der Waals surface area contributed by atoms with E-state index in [9.17, 15) is 8.78 Å². The van der Waals surface area contributed by atoms with Gasteiger partial charge >= 0.3 is 0 Å². The summed E-state index contributed by atoms with van der Waals surface area (Å²) >= 11 is 1.46. The topological polar surface area (TPSA) is 104 Å². The predicted octanol–water partition coefficient (Wildman–Crippen LogP) is 3.60. The van der Waals surface area contributed by atoms with E-state index in [-0.39, 0.29) is 6.04 Å². The number of benzene rings is 1. The monoisotopic (exact) mass is 499 g/mol. The van der Waals surface area contributed by atoms with Gasteiger partial charge in [0, 0.05) is 32.2 Å². The number of halogens is 2. The first kappa shape index (κ1) is 24.8. The molecule has 1 aromatic carbocycles. The summed E-state index contributed by atoms with van der Waals surface area (Å²) in [7, 11) is 0. The Morgan fingerprint density at radius 2 is 1.60 bits per heavy atom. The van der Waals surface area contributed by atoms with Crippen molar-refractivity contribution in [3.05, 3.63) is 59.4 Å². The lowest BCUT2D eigenvalue weighted by Crippen LogP contribution is -2.35. The fourth-order valence-electron chi connectivity index (χ4n) is 3.91. The molecular weight excluding hydrogens is 472 g/mol. The van der Waals surface area contributed by atoms with E-state index < -0.39 is 11.6 Å². The van der Waals surface area contributed by atoms with E-state index in [2.05, 4.69) is 30.8 Å². The molecule has 2 aliphatic rings. The molecule has 1 atom stereocenters. The Morgan fingerprint density at radius 3 is 2.14 bits per heavy atom. The zero-order valence-electron chi connectivity index (χ0n) is 19.2. The van der Waals surface area contributed by atoms with E-state index in [0.717, 1.165) is 80.8 Å². The predicted molar refractivity (Wildman–Crippen MR) is 130 cm³/mol. The van der Waals surface area contributed by atoms with Crippen LogP contribution in [0.1, 0.15) is 24.1 Å².